The lowest BCUT2D eigenvalue weighted by Gasteiger charge is -2.22. The fraction of sp³-hybridized carbons (Fsp3) is 0.500. The van der Waals surface area contributed by atoms with Crippen LogP contribution in [-0.4, -0.2) is 30.4 Å². The van der Waals surface area contributed by atoms with Crippen LogP contribution >= 0.6 is 15.9 Å². The molecule has 0 aliphatic heterocycles. The van der Waals surface area contributed by atoms with Gasteiger partial charge in [-0.25, -0.2) is 0 Å². The van der Waals surface area contributed by atoms with Gasteiger partial charge in [0.05, 0.1) is 6.54 Å². The fourth-order valence-electron chi connectivity index (χ4n) is 1.79. The van der Waals surface area contributed by atoms with E-state index in [1.165, 1.54) is 0 Å². The number of benzene rings is 1. The van der Waals surface area contributed by atoms with Crippen molar-refractivity contribution < 1.29 is 4.79 Å². The van der Waals surface area contributed by atoms with E-state index in [0.717, 1.165) is 36.1 Å². The summed E-state index contributed by atoms with van der Waals surface area (Å²) in [4.78, 5) is 14.0. The van der Waals surface area contributed by atoms with E-state index in [2.05, 4.69) is 35.1 Å². The van der Waals surface area contributed by atoms with Crippen LogP contribution in [0.3, 0.4) is 0 Å². The average Bonchev–Trinajstić information content (AvgIpc) is 2.37. The molecule has 0 aliphatic carbocycles. The molecule has 0 saturated carbocycles. The molecular weight excluding hydrogens is 292 g/mol. The Kier molecular flexibility index (Phi) is 6.80. The summed E-state index contributed by atoms with van der Waals surface area (Å²) in [6, 6.07) is 7.83. The molecule has 18 heavy (non-hydrogen) atoms. The number of carbonyl (C=O) groups excluding carboxylic acids is 1. The summed E-state index contributed by atoms with van der Waals surface area (Å²) in [5.41, 5.74) is 0.957. The molecule has 0 bridgehead atoms. The van der Waals surface area contributed by atoms with Crippen LogP contribution in [0.2, 0.25) is 0 Å². The molecule has 0 aliphatic rings. The topological polar surface area (TPSA) is 32.3 Å². The first kappa shape index (κ1) is 15.0. The van der Waals surface area contributed by atoms with Crippen LogP contribution in [-0.2, 0) is 4.79 Å². The van der Waals surface area contributed by atoms with Gasteiger partial charge in [-0.05, 0) is 40.9 Å². The first-order chi connectivity index (χ1) is 8.69. The van der Waals surface area contributed by atoms with E-state index in [4.69, 9.17) is 0 Å². The Bertz CT molecular complexity index is 376. The third-order valence-electron chi connectivity index (χ3n) is 2.64. The molecule has 0 heterocycles. The molecule has 1 amide bonds. The zero-order chi connectivity index (χ0) is 13.4. The van der Waals surface area contributed by atoms with Gasteiger partial charge in [0.25, 0.3) is 0 Å². The smallest absolute Gasteiger partial charge is 0.241 e. The van der Waals surface area contributed by atoms with Crippen molar-refractivity contribution in [3.8, 4) is 0 Å². The summed E-state index contributed by atoms with van der Waals surface area (Å²) >= 11 is 3.46. The molecule has 0 fully saturated rings. The monoisotopic (exact) mass is 312 g/mol. The van der Waals surface area contributed by atoms with Crippen molar-refractivity contribution in [2.45, 2.75) is 26.7 Å². The van der Waals surface area contributed by atoms with E-state index in [-0.39, 0.29) is 5.91 Å². The van der Waals surface area contributed by atoms with Gasteiger partial charge in [-0.2, -0.15) is 0 Å². The lowest BCUT2D eigenvalue weighted by molar-refractivity contribution is -0.129. The zero-order valence-corrected chi connectivity index (χ0v) is 12.7. The van der Waals surface area contributed by atoms with Gasteiger partial charge in [0.1, 0.15) is 0 Å². The summed E-state index contributed by atoms with van der Waals surface area (Å²) in [6.07, 6.45) is 2.00. The predicted molar refractivity (Wildman–Crippen MR) is 79.8 cm³/mol. The molecule has 3 nitrogen and oxygen atoms in total. The summed E-state index contributed by atoms with van der Waals surface area (Å²) in [5.74, 6) is 0.162. The van der Waals surface area contributed by atoms with Gasteiger partial charge in [0.2, 0.25) is 5.91 Å². The van der Waals surface area contributed by atoms with Crippen LogP contribution in [0.25, 0.3) is 0 Å². The third kappa shape index (κ3) is 4.69. The van der Waals surface area contributed by atoms with E-state index in [9.17, 15) is 4.79 Å². The van der Waals surface area contributed by atoms with Gasteiger partial charge in [-0.15, -0.1) is 0 Å². The van der Waals surface area contributed by atoms with Crippen molar-refractivity contribution in [3.05, 3.63) is 28.7 Å². The van der Waals surface area contributed by atoms with Crippen LogP contribution in [0.5, 0.6) is 0 Å². The Hall–Kier alpha value is -1.03. The minimum absolute atomic E-state index is 0.162. The maximum atomic E-state index is 12.1. The van der Waals surface area contributed by atoms with Crippen molar-refractivity contribution in [2.75, 3.05) is 25.0 Å². The van der Waals surface area contributed by atoms with Gasteiger partial charge in [-0.3, -0.25) is 4.79 Å². The lowest BCUT2D eigenvalue weighted by atomic mass is 10.3. The number of para-hydroxylation sites is 1. The number of hydrogen-bond acceptors (Lipinski definition) is 2. The highest BCUT2D eigenvalue weighted by Crippen LogP contribution is 2.20. The minimum atomic E-state index is 0.162. The Balaban J connectivity index is 2.51. The largest absolute Gasteiger partial charge is 0.375 e. The number of carbonyl (C=O) groups is 1. The molecule has 0 saturated heterocycles. The van der Waals surface area contributed by atoms with E-state index < -0.39 is 0 Å². The molecule has 0 spiro atoms. The highest BCUT2D eigenvalue weighted by Gasteiger charge is 2.11. The highest BCUT2D eigenvalue weighted by atomic mass is 79.9. The zero-order valence-electron chi connectivity index (χ0n) is 11.1. The minimum Gasteiger partial charge on any atom is -0.375 e. The average molecular weight is 313 g/mol. The van der Waals surface area contributed by atoms with E-state index in [1.54, 1.807) is 0 Å². The predicted octanol–water partition coefficient (Wildman–Crippen LogP) is 3.51. The standard InChI is InChI=1S/C14H21BrN2O/c1-3-9-17(10-4-2)14(18)11-16-13-8-6-5-7-12(13)15/h5-8,16H,3-4,9-11H2,1-2H3. The maximum absolute atomic E-state index is 12.1. The number of anilines is 1. The van der Waals surface area contributed by atoms with E-state index >= 15 is 0 Å². The second-order valence-electron chi connectivity index (χ2n) is 4.21. The van der Waals surface area contributed by atoms with Crippen molar-refractivity contribution in [2.24, 2.45) is 0 Å². The number of halogens is 1. The molecular formula is C14H21BrN2O. The first-order valence-electron chi connectivity index (χ1n) is 6.45. The molecule has 100 valence electrons. The summed E-state index contributed by atoms with van der Waals surface area (Å²) in [6.45, 7) is 6.21. The number of nitrogens with one attached hydrogen (secondary N) is 1. The number of rotatable bonds is 7. The Morgan fingerprint density at radius 2 is 1.83 bits per heavy atom. The fourth-order valence-corrected chi connectivity index (χ4v) is 2.21. The van der Waals surface area contributed by atoms with Gasteiger partial charge in [0.15, 0.2) is 0 Å². The van der Waals surface area contributed by atoms with Crippen LogP contribution in [0.1, 0.15) is 26.7 Å². The van der Waals surface area contributed by atoms with Crippen LogP contribution < -0.4 is 5.32 Å². The normalized spacial score (nSPS) is 10.2. The van der Waals surface area contributed by atoms with Crippen molar-refractivity contribution in [1.29, 1.82) is 0 Å². The Morgan fingerprint density at radius 3 is 2.39 bits per heavy atom. The second kappa shape index (κ2) is 8.14. The Labute approximate surface area is 118 Å². The lowest BCUT2D eigenvalue weighted by Crippen LogP contribution is -2.36. The van der Waals surface area contributed by atoms with E-state index in [0.29, 0.717) is 6.54 Å². The third-order valence-corrected chi connectivity index (χ3v) is 3.34. The number of nitrogens with zero attached hydrogens (tertiary/aromatic N) is 1. The molecule has 0 radical (unpaired) electrons. The molecule has 0 aromatic heterocycles. The summed E-state index contributed by atoms with van der Waals surface area (Å²) < 4.78 is 0.982. The van der Waals surface area contributed by atoms with Crippen LogP contribution in [0.4, 0.5) is 5.69 Å². The molecule has 1 N–H and O–H groups in total. The quantitative estimate of drug-likeness (QED) is 0.835. The molecule has 0 unspecified atom stereocenters. The van der Waals surface area contributed by atoms with Crippen molar-refractivity contribution >= 4 is 27.5 Å². The van der Waals surface area contributed by atoms with Gasteiger partial charge in [-0.1, -0.05) is 26.0 Å². The summed E-state index contributed by atoms with van der Waals surface area (Å²) in [7, 11) is 0. The highest BCUT2D eigenvalue weighted by molar-refractivity contribution is 9.10. The molecule has 0 atom stereocenters. The number of amides is 1. The summed E-state index contributed by atoms with van der Waals surface area (Å²) in [5, 5.41) is 3.17. The van der Waals surface area contributed by atoms with Crippen LogP contribution in [0.15, 0.2) is 28.7 Å². The number of hydrogen-bond donors (Lipinski definition) is 1. The second-order valence-corrected chi connectivity index (χ2v) is 5.07. The Morgan fingerprint density at radius 1 is 1.22 bits per heavy atom. The molecule has 1 rings (SSSR count). The molecule has 1 aromatic rings. The molecule has 4 heteroatoms. The van der Waals surface area contributed by atoms with Gasteiger partial charge >= 0.3 is 0 Å². The van der Waals surface area contributed by atoms with Crippen molar-refractivity contribution in [1.82, 2.24) is 4.90 Å². The maximum Gasteiger partial charge on any atom is 0.241 e. The van der Waals surface area contributed by atoms with Crippen LogP contribution in [0, 0.1) is 0 Å². The van der Waals surface area contributed by atoms with Gasteiger partial charge in [0, 0.05) is 23.2 Å². The molecule has 1 aromatic carbocycles. The van der Waals surface area contributed by atoms with Crippen molar-refractivity contribution in [3.63, 3.8) is 0 Å². The first-order valence-corrected chi connectivity index (χ1v) is 7.24. The van der Waals surface area contributed by atoms with E-state index in [1.807, 2.05) is 29.2 Å². The van der Waals surface area contributed by atoms with Gasteiger partial charge < -0.3 is 10.2 Å². The SMILES string of the molecule is CCCN(CCC)C(=O)CNc1ccccc1Br.